The SMILES string of the molecule is CCc1ccc(-c2nc3c(N4CCN(CCOc5ccc(NC(=O)C6CCC6)cc5)CC4)cccc3[nH]2)cc1. The molecule has 1 aliphatic carbocycles. The Balaban J connectivity index is 0.998. The number of aromatic amines is 1. The third-order valence-electron chi connectivity index (χ3n) is 8.11. The van der Waals surface area contributed by atoms with Gasteiger partial charge in [0.2, 0.25) is 5.91 Å². The molecule has 1 aromatic heterocycles. The van der Waals surface area contributed by atoms with Gasteiger partial charge in [-0.05, 0) is 61.2 Å². The van der Waals surface area contributed by atoms with E-state index >= 15 is 0 Å². The lowest BCUT2D eigenvalue weighted by Crippen LogP contribution is -2.47. The summed E-state index contributed by atoms with van der Waals surface area (Å²) in [6.07, 6.45) is 4.22. The summed E-state index contributed by atoms with van der Waals surface area (Å²) in [4.78, 5) is 25.5. The summed E-state index contributed by atoms with van der Waals surface area (Å²) in [7, 11) is 0. The summed E-state index contributed by atoms with van der Waals surface area (Å²) in [5.74, 6) is 2.08. The van der Waals surface area contributed by atoms with Crippen molar-refractivity contribution in [2.75, 3.05) is 49.5 Å². The zero-order chi connectivity index (χ0) is 26.6. The average molecular weight is 524 g/mol. The Morgan fingerprint density at radius 2 is 1.77 bits per heavy atom. The lowest BCUT2D eigenvalue weighted by molar-refractivity contribution is -0.122. The van der Waals surface area contributed by atoms with Gasteiger partial charge in [-0.25, -0.2) is 4.98 Å². The van der Waals surface area contributed by atoms with Gasteiger partial charge in [0.15, 0.2) is 0 Å². The number of ether oxygens (including phenoxy) is 1. The Hall–Kier alpha value is -3.84. The normalized spacial score (nSPS) is 16.3. The van der Waals surface area contributed by atoms with Crippen LogP contribution in [0.15, 0.2) is 66.7 Å². The molecule has 2 heterocycles. The Bertz CT molecular complexity index is 1400. The molecule has 0 atom stereocenters. The second-order valence-corrected chi connectivity index (χ2v) is 10.6. The fourth-order valence-electron chi connectivity index (χ4n) is 5.36. The van der Waals surface area contributed by atoms with Crippen molar-refractivity contribution in [1.82, 2.24) is 14.9 Å². The fraction of sp³-hybridized carbons (Fsp3) is 0.375. The number of H-pyrrole nitrogens is 1. The lowest BCUT2D eigenvalue weighted by atomic mass is 9.85. The highest BCUT2D eigenvalue weighted by molar-refractivity contribution is 5.93. The maximum Gasteiger partial charge on any atom is 0.227 e. The van der Waals surface area contributed by atoms with Crippen LogP contribution in [0.25, 0.3) is 22.4 Å². The number of carbonyl (C=O) groups is 1. The molecule has 0 radical (unpaired) electrons. The van der Waals surface area contributed by atoms with Crippen molar-refractivity contribution >= 4 is 28.3 Å². The first kappa shape index (κ1) is 25.4. The van der Waals surface area contributed by atoms with Crippen LogP contribution in [0.1, 0.15) is 31.7 Å². The summed E-state index contributed by atoms with van der Waals surface area (Å²) < 4.78 is 5.99. The molecular weight excluding hydrogens is 486 g/mol. The predicted octanol–water partition coefficient (Wildman–Crippen LogP) is 5.73. The van der Waals surface area contributed by atoms with Crippen molar-refractivity contribution in [3.05, 3.63) is 72.3 Å². The highest BCUT2D eigenvalue weighted by Crippen LogP contribution is 2.30. The molecule has 1 aliphatic heterocycles. The number of nitrogens with one attached hydrogen (secondary N) is 2. The molecule has 2 aliphatic rings. The van der Waals surface area contributed by atoms with E-state index in [1.54, 1.807) is 0 Å². The summed E-state index contributed by atoms with van der Waals surface area (Å²) in [5.41, 5.74) is 6.60. The van der Waals surface area contributed by atoms with Gasteiger partial charge in [-0.15, -0.1) is 0 Å². The maximum absolute atomic E-state index is 12.1. The first-order chi connectivity index (χ1) is 19.2. The molecule has 1 amide bonds. The summed E-state index contributed by atoms with van der Waals surface area (Å²) in [6.45, 7) is 7.60. The molecule has 0 spiro atoms. The monoisotopic (exact) mass is 523 g/mol. The molecule has 2 fully saturated rings. The molecule has 0 unspecified atom stereocenters. The van der Waals surface area contributed by atoms with Gasteiger partial charge in [-0.3, -0.25) is 9.69 Å². The number of benzene rings is 3. The van der Waals surface area contributed by atoms with Gasteiger partial charge in [0.1, 0.15) is 23.7 Å². The van der Waals surface area contributed by atoms with E-state index in [9.17, 15) is 4.79 Å². The Kier molecular flexibility index (Phi) is 7.50. The number of carbonyl (C=O) groups excluding carboxylic acids is 1. The molecule has 4 aromatic rings. The molecule has 7 nitrogen and oxygen atoms in total. The van der Waals surface area contributed by atoms with Crippen molar-refractivity contribution in [3.63, 3.8) is 0 Å². The minimum atomic E-state index is 0.139. The molecular formula is C32H37N5O2. The van der Waals surface area contributed by atoms with Crippen molar-refractivity contribution in [2.24, 2.45) is 5.92 Å². The third kappa shape index (κ3) is 5.78. The first-order valence-electron chi connectivity index (χ1n) is 14.3. The highest BCUT2D eigenvalue weighted by atomic mass is 16.5. The molecule has 0 bridgehead atoms. The average Bonchev–Trinajstić information content (AvgIpc) is 3.38. The largest absolute Gasteiger partial charge is 0.492 e. The topological polar surface area (TPSA) is 73.5 Å². The van der Waals surface area contributed by atoms with Gasteiger partial charge in [-0.2, -0.15) is 0 Å². The number of piperazine rings is 1. The van der Waals surface area contributed by atoms with Crippen molar-refractivity contribution < 1.29 is 9.53 Å². The third-order valence-corrected chi connectivity index (χ3v) is 8.11. The number of anilines is 2. The minimum Gasteiger partial charge on any atom is -0.492 e. The molecule has 39 heavy (non-hydrogen) atoms. The van der Waals surface area contributed by atoms with Crippen LogP contribution in [0.2, 0.25) is 0 Å². The van der Waals surface area contributed by atoms with Gasteiger partial charge in [0.05, 0.1) is 11.2 Å². The predicted molar refractivity (Wildman–Crippen MR) is 157 cm³/mol. The number of imidazole rings is 1. The van der Waals surface area contributed by atoms with Crippen LogP contribution in [0.5, 0.6) is 5.75 Å². The number of hydrogen-bond acceptors (Lipinski definition) is 5. The highest BCUT2D eigenvalue weighted by Gasteiger charge is 2.25. The van der Waals surface area contributed by atoms with E-state index in [-0.39, 0.29) is 11.8 Å². The van der Waals surface area contributed by atoms with Gasteiger partial charge in [-0.1, -0.05) is 43.7 Å². The first-order valence-corrected chi connectivity index (χ1v) is 14.3. The molecule has 202 valence electrons. The van der Waals surface area contributed by atoms with Crippen LogP contribution in [0.4, 0.5) is 11.4 Å². The Morgan fingerprint density at radius 1 is 1.00 bits per heavy atom. The van der Waals surface area contributed by atoms with Crippen LogP contribution >= 0.6 is 0 Å². The number of hydrogen-bond donors (Lipinski definition) is 2. The lowest BCUT2D eigenvalue weighted by Gasteiger charge is -2.36. The molecule has 3 aromatic carbocycles. The molecule has 6 rings (SSSR count). The maximum atomic E-state index is 12.1. The number of amides is 1. The van der Waals surface area contributed by atoms with E-state index in [2.05, 4.69) is 69.5 Å². The number of nitrogens with zero attached hydrogens (tertiary/aromatic N) is 3. The number of para-hydroxylation sites is 1. The van der Waals surface area contributed by atoms with Crippen LogP contribution in [0.3, 0.4) is 0 Å². The van der Waals surface area contributed by atoms with E-state index in [4.69, 9.17) is 9.72 Å². The molecule has 1 saturated carbocycles. The molecule has 2 N–H and O–H groups in total. The number of fused-ring (bicyclic) bond motifs is 1. The Morgan fingerprint density at radius 3 is 2.46 bits per heavy atom. The van der Waals surface area contributed by atoms with Gasteiger partial charge >= 0.3 is 0 Å². The quantitative estimate of drug-likeness (QED) is 0.293. The van der Waals surface area contributed by atoms with Crippen LogP contribution < -0.4 is 15.0 Å². The van der Waals surface area contributed by atoms with E-state index < -0.39 is 0 Å². The van der Waals surface area contributed by atoms with Crippen molar-refractivity contribution in [3.8, 4) is 17.1 Å². The van der Waals surface area contributed by atoms with Crippen molar-refractivity contribution in [1.29, 1.82) is 0 Å². The Labute approximate surface area is 230 Å². The fourth-order valence-corrected chi connectivity index (χ4v) is 5.36. The minimum absolute atomic E-state index is 0.139. The van der Waals surface area contributed by atoms with Gasteiger partial charge < -0.3 is 19.9 Å². The van der Waals surface area contributed by atoms with Gasteiger partial charge in [0.25, 0.3) is 0 Å². The number of rotatable bonds is 9. The molecule has 7 heteroatoms. The van der Waals surface area contributed by atoms with Crippen LogP contribution in [0, 0.1) is 5.92 Å². The van der Waals surface area contributed by atoms with Gasteiger partial charge in [0, 0.05) is 49.9 Å². The van der Waals surface area contributed by atoms with E-state index in [0.29, 0.717) is 6.61 Å². The van der Waals surface area contributed by atoms with Crippen LogP contribution in [-0.4, -0.2) is 60.1 Å². The van der Waals surface area contributed by atoms with Crippen LogP contribution in [-0.2, 0) is 11.2 Å². The number of aryl methyl sites for hydroxylation is 1. The van der Waals surface area contributed by atoms with E-state index in [1.807, 2.05) is 24.3 Å². The summed E-state index contributed by atoms with van der Waals surface area (Å²) in [6, 6.07) is 22.8. The van der Waals surface area contributed by atoms with E-state index in [1.165, 1.54) is 11.3 Å². The smallest absolute Gasteiger partial charge is 0.227 e. The number of aromatic nitrogens is 2. The summed E-state index contributed by atoms with van der Waals surface area (Å²) >= 11 is 0. The van der Waals surface area contributed by atoms with Crippen molar-refractivity contribution in [2.45, 2.75) is 32.6 Å². The summed E-state index contributed by atoms with van der Waals surface area (Å²) in [5, 5.41) is 3.01. The zero-order valence-electron chi connectivity index (χ0n) is 22.7. The molecule has 1 saturated heterocycles. The van der Waals surface area contributed by atoms with E-state index in [0.717, 1.165) is 92.3 Å². The second-order valence-electron chi connectivity index (χ2n) is 10.6. The zero-order valence-corrected chi connectivity index (χ0v) is 22.7. The second kappa shape index (κ2) is 11.5. The standard InChI is InChI=1S/C32H37N5O2/c1-2-23-9-11-24(12-10-23)31-34-28-7-4-8-29(30(28)35-31)37-19-17-36(18-20-37)21-22-39-27-15-13-26(14-16-27)33-32(38)25-5-3-6-25/h4,7-16,25H,2-3,5-6,17-22H2,1H3,(H,33,38)(H,34,35).